The number of halogens is 4. The van der Waals surface area contributed by atoms with Crippen molar-refractivity contribution in [2.45, 2.75) is 31.5 Å². The first-order chi connectivity index (χ1) is 17.1. The van der Waals surface area contributed by atoms with Crippen molar-refractivity contribution in [3.05, 3.63) is 66.0 Å². The van der Waals surface area contributed by atoms with Crippen molar-refractivity contribution < 1.29 is 36.6 Å². The average Bonchev–Trinajstić information content (AvgIpc) is 3.36. The van der Waals surface area contributed by atoms with Gasteiger partial charge in [0, 0.05) is 24.7 Å². The molecule has 4 rings (SSSR count). The second kappa shape index (κ2) is 10.3. The van der Waals surface area contributed by atoms with E-state index in [4.69, 9.17) is 10.5 Å². The summed E-state index contributed by atoms with van der Waals surface area (Å²) in [7, 11) is 0. The molecule has 1 fully saturated rings. The zero-order valence-corrected chi connectivity index (χ0v) is 18.8. The van der Waals surface area contributed by atoms with E-state index in [1.54, 1.807) is 30.6 Å². The number of alkyl halides is 4. The largest absolute Gasteiger partial charge is 0.573 e. The Hall–Kier alpha value is -4.09. The minimum Gasteiger partial charge on any atom is -0.486 e. The summed E-state index contributed by atoms with van der Waals surface area (Å²) in [6.45, 7) is -0.0179. The molecule has 36 heavy (non-hydrogen) atoms. The number of aromatic nitrogens is 2. The number of primary amides is 1. The Labute approximate surface area is 203 Å². The smallest absolute Gasteiger partial charge is 0.486 e. The zero-order valence-electron chi connectivity index (χ0n) is 18.8. The molecular formula is C24H22F4N4O4. The maximum atomic E-state index is 15.0. The number of hydrogen-bond acceptors (Lipinski definition) is 5. The molecule has 1 aromatic heterocycles. The van der Waals surface area contributed by atoms with Gasteiger partial charge >= 0.3 is 6.36 Å². The second-order valence-electron chi connectivity index (χ2n) is 8.23. The van der Waals surface area contributed by atoms with Crippen LogP contribution in [0.15, 0.2) is 54.9 Å². The average molecular weight is 506 g/mol. The molecule has 1 aliphatic heterocycles. The summed E-state index contributed by atoms with van der Waals surface area (Å²) in [5.41, 5.74) is 7.48. The van der Waals surface area contributed by atoms with E-state index < -0.39 is 30.3 Å². The van der Waals surface area contributed by atoms with Crippen molar-refractivity contribution in [3.63, 3.8) is 0 Å². The number of ether oxygens (including phenoxy) is 2. The fourth-order valence-electron chi connectivity index (χ4n) is 3.91. The van der Waals surface area contributed by atoms with Gasteiger partial charge < -0.3 is 20.1 Å². The summed E-state index contributed by atoms with van der Waals surface area (Å²) in [6, 6.07) is 9.70. The van der Waals surface area contributed by atoms with Gasteiger partial charge in [-0.25, -0.2) is 4.39 Å². The minimum atomic E-state index is -4.81. The predicted octanol–water partition coefficient (Wildman–Crippen LogP) is 3.63. The van der Waals surface area contributed by atoms with E-state index in [9.17, 15) is 27.2 Å². The van der Waals surface area contributed by atoms with Crippen molar-refractivity contribution in [2.24, 2.45) is 5.73 Å². The minimum absolute atomic E-state index is 0.0948. The maximum Gasteiger partial charge on any atom is 0.573 e. The van der Waals surface area contributed by atoms with Crippen molar-refractivity contribution >= 4 is 11.8 Å². The lowest BCUT2D eigenvalue weighted by Gasteiger charge is -2.35. The molecule has 2 amide bonds. The van der Waals surface area contributed by atoms with Crippen LogP contribution in [0.2, 0.25) is 0 Å². The van der Waals surface area contributed by atoms with E-state index in [1.165, 1.54) is 17.0 Å². The summed E-state index contributed by atoms with van der Waals surface area (Å²) in [5, 5.41) is 6.54. The number of nitrogens with zero attached hydrogens (tertiary/aromatic N) is 2. The van der Waals surface area contributed by atoms with Crippen LogP contribution in [0.5, 0.6) is 11.5 Å². The number of likely N-dealkylation sites (tertiary alicyclic amines) is 1. The van der Waals surface area contributed by atoms with E-state index >= 15 is 0 Å². The highest BCUT2D eigenvalue weighted by Crippen LogP contribution is 2.29. The van der Waals surface area contributed by atoms with E-state index in [0.717, 1.165) is 17.7 Å². The van der Waals surface area contributed by atoms with Crippen LogP contribution in [0.25, 0.3) is 11.1 Å². The third-order valence-electron chi connectivity index (χ3n) is 5.70. The number of nitrogens with two attached hydrogens (primary N) is 1. The van der Waals surface area contributed by atoms with Crippen molar-refractivity contribution in [3.8, 4) is 22.6 Å². The topological polar surface area (TPSA) is 111 Å². The fourth-order valence-corrected chi connectivity index (χ4v) is 3.91. The molecule has 12 heteroatoms. The monoisotopic (exact) mass is 506 g/mol. The first-order valence-electron chi connectivity index (χ1n) is 11.0. The molecule has 0 bridgehead atoms. The van der Waals surface area contributed by atoms with Crippen molar-refractivity contribution in [2.75, 3.05) is 13.1 Å². The Kier molecular flexibility index (Phi) is 7.13. The molecule has 0 saturated carbocycles. The van der Waals surface area contributed by atoms with Crippen LogP contribution >= 0.6 is 0 Å². The molecule has 1 saturated heterocycles. The zero-order chi connectivity index (χ0) is 25.9. The Balaban J connectivity index is 1.36. The molecule has 0 spiro atoms. The summed E-state index contributed by atoms with van der Waals surface area (Å²) in [6.07, 6.45) is -3.94. The van der Waals surface area contributed by atoms with Crippen LogP contribution in [-0.2, 0) is 11.2 Å². The quantitative estimate of drug-likeness (QED) is 0.476. The van der Waals surface area contributed by atoms with Gasteiger partial charge in [0.2, 0.25) is 5.91 Å². The molecule has 0 radical (unpaired) electrons. The van der Waals surface area contributed by atoms with Crippen LogP contribution in [0.4, 0.5) is 17.6 Å². The molecule has 0 unspecified atom stereocenters. The fraction of sp³-hybridized carbons (Fsp3) is 0.292. The molecule has 2 heterocycles. The standard InChI is InChI=1S/C24H22F4N4O4/c25-19-13-32(22(33)9-14-1-4-17(5-2-14)36-24(26,27)28)8-7-21(19)35-20-6-3-15(10-18(20)23(29)34)16-11-30-31-12-16/h1-6,10-12,19,21H,7-9,13H2,(H2,29,34)(H,30,31)/t19-,21+/m1/s1. The van der Waals surface area contributed by atoms with Gasteiger partial charge in [-0.15, -0.1) is 13.2 Å². The number of benzene rings is 2. The van der Waals surface area contributed by atoms with Gasteiger partial charge in [-0.3, -0.25) is 14.7 Å². The molecule has 190 valence electrons. The van der Waals surface area contributed by atoms with E-state index in [0.29, 0.717) is 11.1 Å². The molecule has 8 nitrogen and oxygen atoms in total. The summed E-state index contributed by atoms with van der Waals surface area (Å²) >= 11 is 0. The van der Waals surface area contributed by atoms with Gasteiger partial charge in [-0.2, -0.15) is 5.10 Å². The normalized spacial score (nSPS) is 18.1. The molecule has 2 aromatic carbocycles. The highest BCUT2D eigenvalue weighted by atomic mass is 19.4. The van der Waals surface area contributed by atoms with Crippen LogP contribution in [-0.4, -0.2) is 58.6 Å². The second-order valence-corrected chi connectivity index (χ2v) is 8.23. The third-order valence-corrected chi connectivity index (χ3v) is 5.70. The van der Waals surface area contributed by atoms with Gasteiger partial charge in [-0.1, -0.05) is 18.2 Å². The van der Waals surface area contributed by atoms with Crippen molar-refractivity contribution in [1.29, 1.82) is 0 Å². The van der Waals surface area contributed by atoms with Gasteiger partial charge in [0.15, 0.2) is 6.17 Å². The summed E-state index contributed by atoms with van der Waals surface area (Å²) in [5.74, 6) is -1.36. The Morgan fingerprint density at radius 2 is 1.89 bits per heavy atom. The van der Waals surface area contributed by atoms with Gasteiger partial charge in [0.25, 0.3) is 5.91 Å². The number of H-pyrrole nitrogens is 1. The number of amides is 2. The lowest BCUT2D eigenvalue weighted by molar-refractivity contribution is -0.274. The molecule has 2 atom stereocenters. The van der Waals surface area contributed by atoms with E-state index in [-0.39, 0.29) is 43.2 Å². The lowest BCUT2D eigenvalue weighted by Crippen LogP contribution is -2.49. The highest BCUT2D eigenvalue weighted by Gasteiger charge is 2.34. The summed E-state index contributed by atoms with van der Waals surface area (Å²) in [4.78, 5) is 25.9. The van der Waals surface area contributed by atoms with Crippen LogP contribution in [0.3, 0.4) is 0 Å². The number of rotatable bonds is 7. The highest BCUT2D eigenvalue weighted by molar-refractivity contribution is 5.97. The Morgan fingerprint density at radius 1 is 1.14 bits per heavy atom. The van der Waals surface area contributed by atoms with Crippen LogP contribution in [0.1, 0.15) is 22.3 Å². The molecule has 0 aliphatic carbocycles. The van der Waals surface area contributed by atoms with E-state index in [1.807, 2.05) is 0 Å². The maximum absolute atomic E-state index is 15.0. The van der Waals surface area contributed by atoms with Crippen LogP contribution in [0, 0.1) is 0 Å². The molecular weight excluding hydrogens is 484 g/mol. The first kappa shape index (κ1) is 25.0. The van der Waals surface area contributed by atoms with Crippen LogP contribution < -0.4 is 15.2 Å². The number of piperidine rings is 1. The number of aromatic amines is 1. The Morgan fingerprint density at radius 3 is 2.50 bits per heavy atom. The number of carbonyl (C=O) groups is 2. The van der Waals surface area contributed by atoms with E-state index in [2.05, 4.69) is 14.9 Å². The predicted molar refractivity (Wildman–Crippen MR) is 120 cm³/mol. The Bertz CT molecular complexity index is 1220. The molecule has 3 aromatic rings. The SMILES string of the molecule is NC(=O)c1cc(-c2cn[nH]c2)ccc1O[C@H]1CCN(C(=O)Cc2ccc(OC(F)(F)F)cc2)C[C@H]1F. The summed E-state index contributed by atoms with van der Waals surface area (Å²) < 4.78 is 61.4. The van der Waals surface area contributed by atoms with Crippen molar-refractivity contribution in [1.82, 2.24) is 15.1 Å². The number of nitrogens with one attached hydrogen (secondary N) is 1. The first-order valence-corrected chi connectivity index (χ1v) is 11.0. The molecule has 1 aliphatic rings. The lowest BCUT2D eigenvalue weighted by atomic mass is 10.0. The molecule has 3 N–H and O–H groups in total. The number of hydrogen-bond donors (Lipinski definition) is 2. The third kappa shape index (κ3) is 6.12. The number of carbonyl (C=O) groups excluding carboxylic acids is 2. The van der Waals surface area contributed by atoms with Gasteiger partial charge in [-0.05, 0) is 35.4 Å². The van der Waals surface area contributed by atoms with Gasteiger partial charge in [0.05, 0.1) is 24.7 Å². The van der Waals surface area contributed by atoms with Gasteiger partial charge in [0.1, 0.15) is 17.6 Å².